The van der Waals surface area contributed by atoms with Crippen molar-refractivity contribution < 1.29 is 9.47 Å². The van der Waals surface area contributed by atoms with Gasteiger partial charge in [0, 0.05) is 14.2 Å². The number of likely N-dealkylation sites (N-methyl/N-ethyl adjacent to an activating group) is 1. The standard InChI is InChI=1S/C9H19NO2/c1-10-9-7(11-2)5-4-6-8(9)12-3/h7-10H,4-6H2,1-3H3/t7-,8+,9?. The number of methoxy groups -OCH3 is 2. The van der Waals surface area contributed by atoms with Crippen molar-refractivity contribution in [3.63, 3.8) is 0 Å². The Bertz CT molecular complexity index is 118. The van der Waals surface area contributed by atoms with Crippen LogP contribution in [0, 0.1) is 0 Å². The van der Waals surface area contributed by atoms with E-state index in [0.717, 1.165) is 12.8 Å². The lowest BCUT2D eigenvalue weighted by Gasteiger charge is -2.36. The van der Waals surface area contributed by atoms with Crippen LogP contribution in [0.1, 0.15) is 19.3 Å². The van der Waals surface area contributed by atoms with Gasteiger partial charge < -0.3 is 14.8 Å². The molecule has 0 aromatic carbocycles. The van der Waals surface area contributed by atoms with Crippen LogP contribution >= 0.6 is 0 Å². The van der Waals surface area contributed by atoms with E-state index in [4.69, 9.17) is 9.47 Å². The molecule has 0 bridgehead atoms. The van der Waals surface area contributed by atoms with Gasteiger partial charge in [0.15, 0.2) is 0 Å². The maximum atomic E-state index is 5.38. The molecule has 0 aromatic heterocycles. The van der Waals surface area contributed by atoms with Gasteiger partial charge in [-0.25, -0.2) is 0 Å². The van der Waals surface area contributed by atoms with Gasteiger partial charge in [-0.05, 0) is 26.3 Å². The average Bonchev–Trinajstić information content (AvgIpc) is 2.16. The van der Waals surface area contributed by atoms with E-state index in [1.165, 1.54) is 6.42 Å². The Kier molecular flexibility index (Phi) is 3.98. The smallest absolute Gasteiger partial charge is 0.0749 e. The summed E-state index contributed by atoms with van der Waals surface area (Å²) in [6, 6.07) is 0.355. The first kappa shape index (κ1) is 9.96. The van der Waals surface area contributed by atoms with E-state index >= 15 is 0 Å². The highest BCUT2D eigenvalue weighted by molar-refractivity contribution is 4.88. The highest BCUT2D eigenvalue weighted by atomic mass is 16.5. The van der Waals surface area contributed by atoms with Gasteiger partial charge in [-0.2, -0.15) is 0 Å². The van der Waals surface area contributed by atoms with Crippen LogP contribution in [0.5, 0.6) is 0 Å². The Morgan fingerprint density at radius 3 is 1.92 bits per heavy atom. The van der Waals surface area contributed by atoms with Crippen molar-refractivity contribution in [3.8, 4) is 0 Å². The van der Waals surface area contributed by atoms with E-state index in [-0.39, 0.29) is 0 Å². The topological polar surface area (TPSA) is 30.5 Å². The summed E-state index contributed by atoms with van der Waals surface area (Å²) in [6.07, 6.45) is 4.11. The summed E-state index contributed by atoms with van der Waals surface area (Å²) in [4.78, 5) is 0. The molecule has 12 heavy (non-hydrogen) atoms. The molecule has 1 rings (SSSR count). The molecule has 1 aliphatic rings. The molecule has 3 nitrogen and oxygen atoms in total. The summed E-state index contributed by atoms with van der Waals surface area (Å²) in [6.45, 7) is 0. The summed E-state index contributed by atoms with van der Waals surface area (Å²) in [5.74, 6) is 0. The Labute approximate surface area is 74.4 Å². The molecule has 1 aliphatic carbocycles. The largest absolute Gasteiger partial charge is 0.380 e. The van der Waals surface area contributed by atoms with Crippen molar-refractivity contribution in [1.82, 2.24) is 5.32 Å². The Morgan fingerprint density at radius 1 is 1.08 bits per heavy atom. The first-order valence-electron chi connectivity index (χ1n) is 4.56. The SMILES string of the molecule is CNC1[C@@H](OC)CCC[C@H]1OC. The lowest BCUT2D eigenvalue weighted by Crippen LogP contribution is -2.51. The van der Waals surface area contributed by atoms with Crippen molar-refractivity contribution in [3.05, 3.63) is 0 Å². The van der Waals surface area contributed by atoms with Crippen molar-refractivity contribution in [2.24, 2.45) is 0 Å². The summed E-state index contributed by atoms with van der Waals surface area (Å²) >= 11 is 0. The molecule has 1 N–H and O–H groups in total. The zero-order valence-electron chi connectivity index (χ0n) is 8.17. The zero-order valence-corrected chi connectivity index (χ0v) is 8.17. The van der Waals surface area contributed by atoms with Crippen LogP contribution in [-0.4, -0.2) is 39.5 Å². The number of nitrogens with one attached hydrogen (secondary N) is 1. The highest BCUT2D eigenvalue weighted by Crippen LogP contribution is 2.22. The lowest BCUT2D eigenvalue weighted by atomic mass is 9.90. The first-order chi connectivity index (χ1) is 5.83. The number of rotatable bonds is 3. The van der Waals surface area contributed by atoms with Crippen molar-refractivity contribution in [2.75, 3.05) is 21.3 Å². The predicted molar refractivity (Wildman–Crippen MR) is 48.3 cm³/mol. The molecule has 0 saturated heterocycles. The summed E-state index contributed by atoms with van der Waals surface area (Å²) in [5.41, 5.74) is 0. The van der Waals surface area contributed by atoms with E-state index in [0.29, 0.717) is 18.2 Å². The minimum Gasteiger partial charge on any atom is -0.380 e. The molecule has 0 radical (unpaired) electrons. The molecular weight excluding hydrogens is 154 g/mol. The zero-order chi connectivity index (χ0) is 8.97. The molecule has 1 saturated carbocycles. The van der Waals surface area contributed by atoms with Crippen LogP contribution in [0.2, 0.25) is 0 Å². The van der Waals surface area contributed by atoms with E-state index in [1.54, 1.807) is 14.2 Å². The van der Waals surface area contributed by atoms with Gasteiger partial charge in [-0.1, -0.05) is 0 Å². The highest BCUT2D eigenvalue weighted by Gasteiger charge is 2.31. The van der Waals surface area contributed by atoms with Gasteiger partial charge in [0.25, 0.3) is 0 Å². The third kappa shape index (κ3) is 1.97. The maximum Gasteiger partial charge on any atom is 0.0749 e. The summed E-state index contributed by atoms with van der Waals surface area (Å²) in [7, 11) is 5.51. The van der Waals surface area contributed by atoms with Crippen LogP contribution in [0.25, 0.3) is 0 Å². The molecule has 1 fully saturated rings. The molecule has 0 amide bonds. The lowest BCUT2D eigenvalue weighted by molar-refractivity contribution is -0.0384. The van der Waals surface area contributed by atoms with Crippen molar-refractivity contribution in [1.29, 1.82) is 0 Å². The van der Waals surface area contributed by atoms with Crippen LogP contribution in [0.3, 0.4) is 0 Å². The monoisotopic (exact) mass is 173 g/mol. The molecular formula is C9H19NO2. The van der Waals surface area contributed by atoms with Gasteiger partial charge in [0.1, 0.15) is 0 Å². The Hall–Kier alpha value is -0.120. The fraction of sp³-hybridized carbons (Fsp3) is 1.00. The Balaban J connectivity index is 2.52. The van der Waals surface area contributed by atoms with Crippen molar-refractivity contribution >= 4 is 0 Å². The van der Waals surface area contributed by atoms with Crippen LogP contribution < -0.4 is 5.32 Å². The third-order valence-corrected chi connectivity index (χ3v) is 2.72. The van der Waals surface area contributed by atoms with E-state index < -0.39 is 0 Å². The number of ether oxygens (including phenoxy) is 2. The Morgan fingerprint density at radius 2 is 1.58 bits per heavy atom. The maximum absolute atomic E-state index is 5.38. The summed E-state index contributed by atoms with van der Waals surface area (Å²) in [5, 5.41) is 3.26. The second-order valence-corrected chi connectivity index (χ2v) is 3.29. The molecule has 0 heterocycles. The quantitative estimate of drug-likeness (QED) is 0.684. The summed E-state index contributed by atoms with van der Waals surface area (Å²) < 4.78 is 10.8. The fourth-order valence-electron chi connectivity index (χ4n) is 2.02. The molecule has 3 heteroatoms. The van der Waals surface area contributed by atoms with Gasteiger partial charge in [0.05, 0.1) is 18.2 Å². The molecule has 1 unspecified atom stereocenters. The van der Waals surface area contributed by atoms with Gasteiger partial charge >= 0.3 is 0 Å². The molecule has 0 aliphatic heterocycles. The molecule has 0 spiro atoms. The number of hydrogen-bond donors (Lipinski definition) is 1. The van der Waals surface area contributed by atoms with E-state index in [9.17, 15) is 0 Å². The van der Waals surface area contributed by atoms with E-state index in [2.05, 4.69) is 5.32 Å². The van der Waals surface area contributed by atoms with Gasteiger partial charge in [-0.15, -0.1) is 0 Å². The second-order valence-electron chi connectivity index (χ2n) is 3.29. The predicted octanol–water partition coefficient (Wildman–Crippen LogP) is 0.788. The average molecular weight is 173 g/mol. The van der Waals surface area contributed by atoms with Crippen LogP contribution in [0.15, 0.2) is 0 Å². The van der Waals surface area contributed by atoms with Crippen LogP contribution in [-0.2, 0) is 9.47 Å². The van der Waals surface area contributed by atoms with Gasteiger partial charge in [-0.3, -0.25) is 0 Å². The minimum absolute atomic E-state index is 0.314. The normalized spacial score (nSPS) is 36.8. The molecule has 3 atom stereocenters. The second kappa shape index (κ2) is 4.80. The third-order valence-electron chi connectivity index (χ3n) is 2.72. The first-order valence-corrected chi connectivity index (χ1v) is 4.56. The fourth-order valence-corrected chi connectivity index (χ4v) is 2.02. The van der Waals surface area contributed by atoms with Crippen LogP contribution in [0.4, 0.5) is 0 Å². The van der Waals surface area contributed by atoms with Gasteiger partial charge in [0.2, 0.25) is 0 Å². The molecule has 0 aromatic rings. The van der Waals surface area contributed by atoms with E-state index in [1.807, 2.05) is 7.05 Å². The van der Waals surface area contributed by atoms with Crippen molar-refractivity contribution in [2.45, 2.75) is 37.5 Å². The number of hydrogen-bond acceptors (Lipinski definition) is 3. The molecule has 72 valence electrons. The minimum atomic E-state index is 0.314.